The van der Waals surface area contributed by atoms with Crippen molar-refractivity contribution < 1.29 is 51.3 Å². The number of hydrogen-bond acceptors (Lipinski definition) is 14. The van der Waals surface area contributed by atoms with E-state index in [0.717, 1.165) is 27.7 Å². The lowest BCUT2D eigenvalue weighted by molar-refractivity contribution is -0.238. The Balaban J connectivity index is 2.18. The number of rotatable bonds is 7. The molecule has 0 N–H and O–H groups in total. The van der Waals surface area contributed by atoms with Crippen LogP contribution in [-0.2, 0) is 52.7 Å². The zero-order valence-corrected chi connectivity index (χ0v) is 21.7. The topological polar surface area (TPSA) is 179 Å². The lowest BCUT2D eigenvalue weighted by Crippen LogP contribution is -2.64. The van der Waals surface area contributed by atoms with Crippen LogP contribution in [0.3, 0.4) is 0 Å². The summed E-state index contributed by atoms with van der Waals surface area (Å²) in [6, 6.07) is 6.07. The molecule has 3 rings (SSSR count). The molecule has 1 aromatic heterocycles. The zero-order chi connectivity index (χ0) is 27.5. The van der Waals surface area contributed by atoms with E-state index in [1.807, 2.05) is 0 Å². The molecule has 0 radical (unpaired) electrons. The van der Waals surface area contributed by atoms with Crippen molar-refractivity contribution in [2.24, 2.45) is 0 Å². The number of carbonyl (C=O) groups is 4. The van der Waals surface area contributed by atoms with Crippen LogP contribution in [0.25, 0.3) is 10.9 Å². The maximum atomic E-state index is 13.8. The lowest BCUT2D eigenvalue weighted by Gasteiger charge is -2.43. The fourth-order valence-corrected chi connectivity index (χ4v) is 6.50. The zero-order valence-electron chi connectivity index (χ0n) is 20.1. The van der Waals surface area contributed by atoms with Gasteiger partial charge in [-0.25, -0.2) is 13.4 Å². The minimum Gasteiger partial charge on any atom is -0.463 e. The third-order valence-corrected chi connectivity index (χ3v) is 8.20. The van der Waals surface area contributed by atoms with Crippen LogP contribution >= 0.6 is 11.3 Å². The number of aromatic nitrogens is 1. The summed E-state index contributed by atoms with van der Waals surface area (Å²) >= 11 is 0.321. The number of para-hydroxylation sites is 1. The predicted octanol–water partition coefficient (Wildman–Crippen LogP) is 0.513. The van der Waals surface area contributed by atoms with Crippen molar-refractivity contribution >= 4 is 56.0 Å². The highest BCUT2D eigenvalue weighted by Gasteiger charge is 2.57. The Bertz CT molecular complexity index is 1390. The second-order valence-electron chi connectivity index (χ2n) is 7.90. The van der Waals surface area contributed by atoms with Crippen LogP contribution in [0, 0.1) is 0 Å². The van der Waals surface area contributed by atoms with Crippen LogP contribution in [0.15, 0.2) is 33.4 Å². The number of nitrogens with zero attached hydrogens (tertiary/aromatic N) is 1. The number of esters is 4. The molecule has 0 aliphatic carbocycles. The normalized spacial score (nSPS) is 23.6. The average Bonchev–Trinajstić information content (AvgIpc) is 2.79. The molecule has 1 fully saturated rings. The first kappa shape index (κ1) is 28.1. The maximum absolute atomic E-state index is 13.8. The van der Waals surface area contributed by atoms with E-state index in [-0.39, 0.29) is 10.9 Å². The third kappa shape index (κ3) is 6.47. The van der Waals surface area contributed by atoms with E-state index in [1.54, 1.807) is 12.1 Å². The summed E-state index contributed by atoms with van der Waals surface area (Å²) in [5.74, 6) is -3.51. The van der Waals surface area contributed by atoms with E-state index in [0.29, 0.717) is 11.3 Å². The van der Waals surface area contributed by atoms with Gasteiger partial charge in [-0.3, -0.25) is 24.0 Å². The van der Waals surface area contributed by atoms with Crippen molar-refractivity contribution in [3.8, 4) is 0 Å². The van der Waals surface area contributed by atoms with Gasteiger partial charge in [-0.05, 0) is 12.1 Å². The number of benzene rings is 1. The molecule has 0 unspecified atom stereocenters. The summed E-state index contributed by atoms with van der Waals surface area (Å²) in [4.78, 5) is 63.9. The molecule has 15 heteroatoms. The van der Waals surface area contributed by atoms with Crippen LogP contribution in [0.2, 0.25) is 0 Å². The molecule has 2 aromatic rings. The average molecular weight is 558 g/mol. The Labute approximate surface area is 214 Å². The number of carbonyl (C=O) groups excluding carboxylic acids is 4. The van der Waals surface area contributed by atoms with E-state index < -0.39 is 79.3 Å². The first-order valence-electron chi connectivity index (χ1n) is 10.8. The molecular formula is C22H23NO12S2. The molecule has 0 spiro atoms. The summed E-state index contributed by atoms with van der Waals surface area (Å²) in [6.45, 7) is 3.50. The van der Waals surface area contributed by atoms with E-state index in [2.05, 4.69) is 4.98 Å². The van der Waals surface area contributed by atoms with Gasteiger partial charge < -0.3 is 23.7 Å². The van der Waals surface area contributed by atoms with E-state index in [4.69, 9.17) is 23.7 Å². The summed E-state index contributed by atoms with van der Waals surface area (Å²) in [7, 11) is -4.73. The molecule has 13 nitrogen and oxygen atoms in total. The van der Waals surface area contributed by atoms with Crippen LogP contribution < -0.4 is 4.74 Å². The number of ether oxygens (including phenoxy) is 5. The molecule has 37 heavy (non-hydrogen) atoms. The van der Waals surface area contributed by atoms with Gasteiger partial charge in [-0.1, -0.05) is 23.5 Å². The molecule has 1 aliphatic heterocycles. The van der Waals surface area contributed by atoms with E-state index in [9.17, 15) is 32.4 Å². The first-order chi connectivity index (χ1) is 17.3. The SMILES string of the molecule is CC(=O)OC[C@@H]1O[C@H](S(=O)(=O)c2nc3ccccc3c(=O)s2)[C@H](OC(C)=O)[C@@H](OC(C)=O)[C@H]1OC(C)=O. The standard InChI is InChI=1S/C22H23NO12S2/c1-10(24)31-9-16-17(32-11(2)25)18(33-12(3)26)19(34-13(4)27)21(35-16)37(29,30)22-23-15-8-6-5-7-14(15)20(28)36-22/h5-8,16-19,21H,9H2,1-4H3/t16-,17-,18-,19+,21+/m0/s1. The van der Waals surface area contributed by atoms with Crippen LogP contribution in [0.1, 0.15) is 27.7 Å². The molecule has 5 atom stereocenters. The monoisotopic (exact) mass is 557 g/mol. The Morgan fingerprint density at radius 1 is 0.892 bits per heavy atom. The third-order valence-electron chi connectivity index (χ3n) is 5.01. The van der Waals surface area contributed by atoms with Crippen molar-refractivity contribution in [2.45, 2.75) is 61.9 Å². The van der Waals surface area contributed by atoms with Gasteiger partial charge >= 0.3 is 23.9 Å². The quantitative estimate of drug-likeness (QED) is 0.340. The van der Waals surface area contributed by atoms with Gasteiger partial charge in [0.25, 0.3) is 0 Å². The first-order valence-corrected chi connectivity index (χ1v) is 13.1. The van der Waals surface area contributed by atoms with Gasteiger partial charge in [0, 0.05) is 27.7 Å². The number of sulfone groups is 1. The molecule has 1 saturated heterocycles. The minimum atomic E-state index is -4.73. The van der Waals surface area contributed by atoms with Gasteiger partial charge in [0.05, 0.1) is 10.9 Å². The van der Waals surface area contributed by atoms with Crippen LogP contribution in [0.4, 0.5) is 0 Å². The van der Waals surface area contributed by atoms with Crippen molar-refractivity contribution in [3.63, 3.8) is 0 Å². The molecule has 0 amide bonds. The molecule has 0 bridgehead atoms. The maximum Gasteiger partial charge on any atom is 0.303 e. The molecule has 2 heterocycles. The van der Waals surface area contributed by atoms with Gasteiger partial charge in [-0.15, -0.1) is 0 Å². The number of fused-ring (bicyclic) bond motifs is 1. The molecule has 0 saturated carbocycles. The summed E-state index contributed by atoms with van der Waals surface area (Å²) in [5, 5.41) is 0.188. The second-order valence-corrected chi connectivity index (χ2v) is 11.1. The Hall–Kier alpha value is -3.43. The molecule has 200 valence electrons. The highest BCUT2D eigenvalue weighted by Crippen LogP contribution is 2.34. The summed E-state index contributed by atoms with van der Waals surface area (Å²) in [6.07, 6.45) is -6.53. The molecular weight excluding hydrogens is 534 g/mol. The highest BCUT2D eigenvalue weighted by molar-refractivity contribution is 7.93. The van der Waals surface area contributed by atoms with Gasteiger partial charge in [0.2, 0.25) is 24.4 Å². The van der Waals surface area contributed by atoms with E-state index in [1.165, 1.54) is 12.1 Å². The number of hydrogen-bond donors (Lipinski definition) is 0. The Morgan fingerprint density at radius 2 is 1.46 bits per heavy atom. The predicted molar refractivity (Wildman–Crippen MR) is 125 cm³/mol. The van der Waals surface area contributed by atoms with Crippen LogP contribution in [-0.4, -0.2) is 73.7 Å². The fraction of sp³-hybridized carbons (Fsp3) is 0.455. The highest BCUT2D eigenvalue weighted by atomic mass is 32.2. The Morgan fingerprint density at radius 3 is 2.05 bits per heavy atom. The van der Waals surface area contributed by atoms with Crippen LogP contribution in [0.5, 0.6) is 0 Å². The second kappa shape index (κ2) is 11.3. The summed E-state index contributed by atoms with van der Waals surface area (Å²) < 4.78 is 52.6. The minimum absolute atomic E-state index is 0.0930. The van der Waals surface area contributed by atoms with Gasteiger partial charge in [0.1, 0.15) is 12.7 Å². The Kier molecular flexibility index (Phi) is 8.60. The van der Waals surface area contributed by atoms with Gasteiger partial charge in [0.15, 0.2) is 18.3 Å². The largest absolute Gasteiger partial charge is 0.463 e. The fourth-order valence-electron chi connectivity index (χ4n) is 3.66. The van der Waals surface area contributed by atoms with E-state index >= 15 is 0 Å². The van der Waals surface area contributed by atoms with Gasteiger partial charge in [-0.2, -0.15) is 0 Å². The lowest BCUT2D eigenvalue weighted by atomic mass is 9.99. The summed E-state index contributed by atoms with van der Waals surface area (Å²) in [5.41, 5.74) is -1.99. The van der Waals surface area contributed by atoms with Crippen molar-refractivity contribution in [2.75, 3.05) is 6.61 Å². The van der Waals surface area contributed by atoms with Crippen molar-refractivity contribution in [1.29, 1.82) is 0 Å². The molecule has 1 aromatic carbocycles. The molecule has 1 aliphatic rings. The van der Waals surface area contributed by atoms with Crippen molar-refractivity contribution in [3.05, 3.63) is 33.8 Å². The van der Waals surface area contributed by atoms with Crippen molar-refractivity contribution in [1.82, 2.24) is 4.98 Å². The smallest absolute Gasteiger partial charge is 0.303 e.